The normalized spacial score (nSPS) is 22.8. The molecule has 33 heavy (non-hydrogen) atoms. The quantitative estimate of drug-likeness (QED) is 0.529. The second kappa shape index (κ2) is 8.96. The van der Waals surface area contributed by atoms with E-state index in [-0.39, 0.29) is 55.4 Å². The Morgan fingerprint density at radius 3 is 2.45 bits per heavy atom. The van der Waals surface area contributed by atoms with Gasteiger partial charge >= 0.3 is 0 Å². The highest BCUT2D eigenvalue weighted by Crippen LogP contribution is 2.46. The predicted octanol–water partition coefficient (Wildman–Crippen LogP) is 1.49. The monoisotopic (exact) mass is 453 g/mol. The molecule has 2 N–H and O–H groups in total. The van der Waals surface area contributed by atoms with Crippen molar-refractivity contribution in [3.63, 3.8) is 0 Å². The number of benzene rings is 2. The van der Waals surface area contributed by atoms with Crippen molar-refractivity contribution in [3.8, 4) is 5.75 Å². The molecule has 0 radical (unpaired) electrons. The molecular formula is C25H27NO7. The molecule has 0 spiro atoms. The van der Waals surface area contributed by atoms with Crippen LogP contribution in [0.2, 0.25) is 0 Å². The molecular weight excluding hydrogens is 426 g/mol. The van der Waals surface area contributed by atoms with E-state index in [9.17, 15) is 9.59 Å². The Morgan fingerprint density at radius 1 is 0.970 bits per heavy atom. The van der Waals surface area contributed by atoms with E-state index >= 15 is 0 Å². The molecule has 8 nitrogen and oxygen atoms in total. The SMILES string of the molecule is CC1OC2Cc3c(ccc4c3C(=O)c3cccc(OCCN(CCO)CCO)c3C4=O)C2O1. The zero-order valence-electron chi connectivity index (χ0n) is 18.5. The zero-order valence-corrected chi connectivity index (χ0v) is 18.5. The van der Waals surface area contributed by atoms with Crippen LogP contribution in [-0.2, 0) is 15.9 Å². The van der Waals surface area contributed by atoms with Crippen molar-refractivity contribution in [3.05, 3.63) is 63.7 Å². The van der Waals surface area contributed by atoms with Crippen LogP contribution < -0.4 is 4.74 Å². The molecule has 1 fully saturated rings. The summed E-state index contributed by atoms with van der Waals surface area (Å²) in [4.78, 5) is 28.9. The maximum absolute atomic E-state index is 13.5. The predicted molar refractivity (Wildman–Crippen MR) is 118 cm³/mol. The van der Waals surface area contributed by atoms with E-state index < -0.39 is 0 Å². The summed E-state index contributed by atoms with van der Waals surface area (Å²) in [5, 5.41) is 18.3. The number of aliphatic hydroxyl groups excluding tert-OH is 2. The highest BCUT2D eigenvalue weighted by molar-refractivity contribution is 6.30. The molecule has 3 aliphatic rings. The van der Waals surface area contributed by atoms with Gasteiger partial charge in [0.1, 0.15) is 18.5 Å². The first-order valence-electron chi connectivity index (χ1n) is 11.3. The maximum Gasteiger partial charge on any atom is 0.198 e. The first-order chi connectivity index (χ1) is 16.0. The third-order valence-corrected chi connectivity index (χ3v) is 6.57. The van der Waals surface area contributed by atoms with Gasteiger partial charge in [-0.25, -0.2) is 0 Å². The van der Waals surface area contributed by atoms with Gasteiger partial charge in [0.2, 0.25) is 0 Å². The zero-order chi connectivity index (χ0) is 23.1. The largest absolute Gasteiger partial charge is 0.491 e. The molecule has 0 saturated carbocycles. The van der Waals surface area contributed by atoms with Crippen LogP contribution in [0.1, 0.15) is 56.0 Å². The Kier molecular flexibility index (Phi) is 6.03. The summed E-state index contributed by atoms with van der Waals surface area (Å²) in [5.41, 5.74) is 3.23. The molecule has 0 aromatic heterocycles. The first kappa shape index (κ1) is 22.2. The smallest absolute Gasteiger partial charge is 0.198 e. The Balaban J connectivity index is 1.43. The van der Waals surface area contributed by atoms with Crippen molar-refractivity contribution in [1.82, 2.24) is 4.90 Å². The average Bonchev–Trinajstić information content (AvgIpc) is 3.33. The minimum atomic E-state index is -0.285. The third kappa shape index (κ3) is 3.78. The van der Waals surface area contributed by atoms with E-state index in [4.69, 9.17) is 24.4 Å². The Morgan fingerprint density at radius 2 is 1.70 bits per heavy atom. The van der Waals surface area contributed by atoms with E-state index in [1.165, 1.54) is 0 Å². The van der Waals surface area contributed by atoms with Gasteiger partial charge in [0, 0.05) is 42.7 Å². The lowest BCUT2D eigenvalue weighted by Gasteiger charge is -2.24. The van der Waals surface area contributed by atoms with Crippen molar-refractivity contribution in [1.29, 1.82) is 0 Å². The molecule has 2 aromatic rings. The number of carbonyl (C=O) groups excluding carboxylic acids is 2. The summed E-state index contributed by atoms with van der Waals surface area (Å²) in [7, 11) is 0. The lowest BCUT2D eigenvalue weighted by atomic mass is 9.80. The van der Waals surface area contributed by atoms with Crippen LogP contribution in [0.3, 0.4) is 0 Å². The molecule has 1 saturated heterocycles. The Hall–Kier alpha value is -2.62. The molecule has 8 heteroatoms. The number of fused-ring (bicyclic) bond motifs is 6. The van der Waals surface area contributed by atoms with Crippen molar-refractivity contribution in [2.24, 2.45) is 0 Å². The number of nitrogens with zero attached hydrogens (tertiary/aromatic N) is 1. The summed E-state index contributed by atoms with van der Waals surface area (Å²) in [5.74, 6) is -0.0488. The second-order valence-electron chi connectivity index (χ2n) is 8.53. The lowest BCUT2D eigenvalue weighted by molar-refractivity contribution is -0.0532. The summed E-state index contributed by atoms with van der Waals surface area (Å²) in [6, 6.07) is 8.67. The van der Waals surface area contributed by atoms with Crippen molar-refractivity contribution in [2.75, 3.05) is 39.5 Å². The average molecular weight is 453 g/mol. The van der Waals surface area contributed by atoms with Crippen LogP contribution in [0, 0.1) is 0 Å². The van der Waals surface area contributed by atoms with Crippen LogP contribution in [0.4, 0.5) is 0 Å². The molecule has 0 bridgehead atoms. The van der Waals surface area contributed by atoms with Crippen LogP contribution in [0.5, 0.6) is 5.75 Å². The summed E-state index contributed by atoms with van der Waals surface area (Å²) in [6.45, 7) is 3.37. The van der Waals surface area contributed by atoms with E-state index in [0.717, 1.165) is 11.1 Å². The van der Waals surface area contributed by atoms with Gasteiger partial charge in [0.25, 0.3) is 0 Å². The number of ether oxygens (including phenoxy) is 3. The van der Waals surface area contributed by atoms with Crippen molar-refractivity contribution in [2.45, 2.75) is 31.8 Å². The van der Waals surface area contributed by atoms with Gasteiger partial charge < -0.3 is 24.4 Å². The second-order valence-corrected chi connectivity index (χ2v) is 8.53. The lowest BCUT2D eigenvalue weighted by Crippen LogP contribution is -2.33. The first-order valence-corrected chi connectivity index (χ1v) is 11.3. The van der Waals surface area contributed by atoms with Gasteiger partial charge in [-0.2, -0.15) is 0 Å². The molecule has 2 aliphatic carbocycles. The summed E-state index contributed by atoms with van der Waals surface area (Å²) < 4.78 is 17.6. The molecule has 1 aliphatic heterocycles. The minimum Gasteiger partial charge on any atom is -0.491 e. The number of carbonyl (C=O) groups is 2. The van der Waals surface area contributed by atoms with E-state index in [0.29, 0.717) is 48.5 Å². The fourth-order valence-corrected chi connectivity index (χ4v) is 5.12. The van der Waals surface area contributed by atoms with E-state index in [1.54, 1.807) is 24.3 Å². The number of hydrogen-bond acceptors (Lipinski definition) is 8. The molecule has 3 unspecified atom stereocenters. The van der Waals surface area contributed by atoms with E-state index in [2.05, 4.69) is 0 Å². The molecule has 5 rings (SSSR count). The number of ketones is 2. The molecule has 174 valence electrons. The van der Waals surface area contributed by atoms with Gasteiger partial charge in [0.05, 0.1) is 24.9 Å². The van der Waals surface area contributed by atoms with Gasteiger partial charge in [-0.15, -0.1) is 0 Å². The highest BCUT2D eigenvalue weighted by atomic mass is 16.7. The van der Waals surface area contributed by atoms with Gasteiger partial charge in [0.15, 0.2) is 17.9 Å². The Bertz CT molecular complexity index is 1090. The number of hydrogen-bond donors (Lipinski definition) is 2. The van der Waals surface area contributed by atoms with Crippen LogP contribution in [0.25, 0.3) is 0 Å². The van der Waals surface area contributed by atoms with Crippen LogP contribution in [0.15, 0.2) is 30.3 Å². The molecule has 1 heterocycles. The van der Waals surface area contributed by atoms with Crippen LogP contribution in [-0.4, -0.2) is 78.5 Å². The maximum atomic E-state index is 13.5. The minimum absolute atomic E-state index is 0.0223. The van der Waals surface area contributed by atoms with Crippen molar-refractivity contribution >= 4 is 11.6 Å². The van der Waals surface area contributed by atoms with Gasteiger partial charge in [-0.3, -0.25) is 14.5 Å². The van der Waals surface area contributed by atoms with Gasteiger partial charge in [-0.05, 0) is 30.2 Å². The Labute approximate surface area is 191 Å². The highest BCUT2D eigenvalue weighted by Gasteiger charge is 2.45. The number of aliphatic hydroxyl groups is 2. The molecule has 3 atom stereocenters. The summed E-state index contributed by atoms with van der Waals surface area (Å²) >= 11 is 0. The summed E-state index contributed by atoms with van der Waals surface area (Å²) in [6.07, 6.45) is -0.0854. The fourth-order valence-electron chi connectivity index (χ4n) is 5.12. The standard InChI is InChI=1S/C25H27NO7/c1-14-32-20-13-18-15(25(20)33-14)5-6-17-21(18)23(29)16-3-2-4-19(22(16)24(17)30)31-12-9-26(7-10-27)8-11-28/h2-6,14,20,25,27-28H,7-13H2,1H3. The molecule has 0 amide bonds. The van der Waals surface area contributed by atoms with E-state index in [1.807, 2.05) is 17.9 Å². The van der Waals surface area contributed by atoms with Crippen molar-refractivity contribution < 1.29 is 34.0 Å². The fraction of sp³-hybridized carbons (Fsp3) is 0.440. The van der Waals surface area contributed by atoms with Crippen LogP contribution >= 0.6 is 0 Å². The third-order valence-electron chi connectivity index (χ3n) is 6.57. The molecule has 2 aromatic carbocycles. The number of rotatable bonds is 8. The topological polar surface area (TPSA) is 106 Å². The van der Waals surface area contributed by atoms with Gasteiger partial charge in [-0.1, -0.05) is 18.2 Å².